The molecule has 0 radical (unpaired) electrons. The summed E-state index contributed by atoms with van der Waals surface area (Å²) in [6.45, 7) is 2.04. The number of hydrogen-bond acceptors (Lipinski definition) is 4. The summed E-state index contributed by atoms with van der Waals surface area (Å²) in [5.74, 6) is -0.104. The summed E-state index contributed by atoms with van der Waals surface area (Å²) in [6, 6.07) is 7.58. The number of amides is 1. The number of carbonyl (C=O) groups is 1. The summed E-state index contributed by atoms with van der Waals surface area (Å²) in [4.78, 5) is 13.8. The third-order valence-electron chi connectivity index (χ3n) is 4.06. The number of likely N-dealkylation sites (tertiary alicyclic amines) is 1. The molecule has 3 N–H and O–H groups in total. The van der Waals surface area contributed by atoms with Gasteiger partial charge in [0.25, 0.3) is 0 Å². The first-order valence-electron chi connectivity index (χ1n) is 7.61. The lowest BCUT2D eigenvalue weighted by Crippen LogP contribution is -2.48. The number of aliphatic hydroxyl groups excluding tert-OH is 2. The molecule has 1 saturated heterocycles. The Balaban J connectivity index is 1.67. The third kappa shape index (κ3) is 5.25. The molecule has 1 amide bonds. The molecule has 1 aliphatic rings. The van der Waals surface area contributed by atoms with Crippen molar-refractivity contribution >= 4 is 17.5 Å². The van der Waals surface area contributed by atoms with Crippen LogP contribution in [0.2, 0.25) is 5.02 Å². The Bertz CT molecular complexity index is 481. The molecule has 0 aliphatic carbocycles. The van der Waals surface area contributed by atoms with E-state index in [1.807, 2.05) is 29.2 Å². The molecule has 6 heteroatoms. The zero-order valence-electron chi connectivity index (χ0n) is 12.5. The Morgan fingerprint density at radius 2 is 2.09 bits per heavy atom. The Labute approximate surface area is 135 Å². The van der Waals surface area contributed by atoms with Gasteiger partial charge in [-0.05, 0) is 37.1 Å². The monoisotopic (exact) mass is 326 g/mol. The molecule has 1 aromatic rings. The molecular formula is C16H23ClN2O3. The molecule has 2 rings (SSSR count). The van der Waals surface area contributed by atoms with Crippen LogP contribution in [0.15, 0.2) is 24.3 Å². The SMILES string of the molecule is O=C(CN1CC[C@H](CO)[C@H](O)C1)NCCc1ccc(Cl)cc1. The van der Waals surface area contributed by atoms with E-state index in [0.29, 0.717) is 18.1 Å². The number of carbonyl (C=O) groups excluding carboxylic acids is 1. The van der Waals surface area contributed by atoms with Crippen molar-refractivity contribution in [3.8, 4) is 0 Å². The number of piperidine rings is 1. The molecule has 1 heterocycles. The van der Waals surface area contributed by atoms with E-state index in [0.717, 1.165) is 24.9 Å². The van der Waals surface area contributed by atoms with Gasteiger partial charge < -0.3 is 15.5 Å². The van der Waals surface area contributed by atoms with Crippen LogP contribution in [-0.4, -0.2) is 59.9 Å². The minimum Gasteiger partial charge on any atom is -0.396 e. The molecular weight excluding hydrogens is 304 g/mol. The second-order valence-corrected chi connectivity index (χ2v) is 6.20. The van der Waals surface area contributed by atoms with Gasteiger partial charge >= 0.3 is 0 Å². The normalized spacial score (nSPS) is 22.5. The summed E-state index contributed by atoms with van der Waals surface area (Å²) in [5.41, 5.74) is 1.13. The van der Waals surface area contributed by atoms with Gasteiger partial charge in [-0.25, -0.2) is 0 Å². The molecule has 1 fully saturated rings. The van der Waals surface area contributed by atoms with Crippen molar-refractivity contribution in [3.05, 3.63) is 34.9 Å². The quantitative estimate of drug-likeness (QED) is 0.718. The van der Waals surface area contributed by atoms with Gasteiger partial charge in [-0.3, -0.25) is 9.69 Å². The minimum absolute atomic E-state index is 0.00228. The predicted molar refractivity (Wildman–Crippen MR) is 85.8 cm³/mol. The van der Waals surface area contributed by atoms with Gasteiger partial charge in [0.2, 0.25) is 5.91 Å². The fourth-order valence-electron chi connectivity index (χ4n) is 2.66. The standard InChI is InChI=1S/C16H23ClN2O3/c17-14-3-1-12(2-4-14)5-7-18-16(22)10-19-8-6-13(11-20)15(21)9-19/h1-4,13,15,20-21H,5-11H2,(H,18,22)/t13-,15-/m1/s1. The Morgan fingerprint density at radius 1 is 1.36 bits per heavy atom. The number of halogens is 1. The number of aliphatic hydroxyl groups is 2. The highest BCUT2D eigenvalue weighted by Crippen LogP contribution is 2.16. The second kappa shape index (κ2) is 8.48. The highest BCUT2D eigenvalue weighted by Gasteiger charge is 2.27. The maximum atomic E-state index is 11.9. The van der Waals surface area contributed by atoms with Gasteiger partial charge in [0.05, 0.1) is 12.6 Å². The van der Waals surface area contributed by atoms with E-state index in [2.05, 4.69) is 5.32 Å². The molecule has 2 atom stereocenters. The number of benzene rings is 1. The Hall–Kier alpha value is -1.14. The Morgan fingerprint density at radius 3 is 2.73 bits per heavy atom. The van der Waals surface area contributed by atoms with Crippen molar-refractivity contribution in [2.75, 3.05) is 32.8 Å². The van der Waals surface area contributed by atoms with E-state index in [1.165, 1.54) is 0 Å². The van der Waals surface area contributed by atoms with E-state index in [9.17, 15) is 9.90 Å². The number of β-amino-alcohol motifs (C(OH)–C–C–N with tert-alkyl or cyclic N) is 1. The predicted octanol–water partition coefficient (Wildman–Crippen LogP) is 0.674. The molecule has 0 bridgehead atoms. The maximum Gasteiger partial charge on any atom is 0.234 e. The van der Waals surface area contributed by atoms with Gasteiger partial charge in [0.15, 0.2) is 0 Å². The molecule has 0 spiro atoms. The summed E-state index contributed by atoms with van der Waals surface area (Å²) in [5, 5.41) is 22.6. The van der Waals surface area contributed by atoms with Gasteiger partial charge in [-0.2, -0.15) is 0 Å². The summed E-state index contributed by atoms with van der Waals surface area (Å²) >= 11 is 5.83. The third-order valence-corrected chi connectivity index (χ3v) is 4.31. The van der Waals surface area contributed by atoms with Gasteiger partial charge in [0, 0.05) is 30.6 Å². The fourth-order valence-corrected chi connectivity index (χ4v) is 2.78. The van der Waals surface area contributed by atoms with Crippen LogP contribution in [0.4, 0.5) is 0 Å². The lowest BCUT2D eigenvalue weighted by atomic mass is 9.95. The molecule has 0 unspecified atom stereocenters. The van der Waals surface area contributed by atoms with Crippen molar-refractivity contribution in [2.45, 2.75) is 18.9 Å². The van der Waals surface area contributed by atoms with E-state index < -0.39 is 6.10 Å². The van der Waals surface area contributed by atoms with Crippen LogP contribution in [0, 0.1) is 5.92 Å². The zero-order chi connectivity index (χ0) is 15.9. The van der Waals surface area contributed by atoms with Crippen molar-refractivity contribution in [3.63, 3.8) is 0 Å². The van der Waals surface area contributed by atoms with Crippen LogP contribution in [0.25, 0.3) is 0 Å². The molecule has 22 heavy (non-hydrogen) atoms. The average molecular weight is 327 g/mol. The van der Waals surface area contributed by atoms with Crippen molar-refractivity contribution in [2.24, 2.45) is 5.92 Å². The summed E-state index contributed by atoms with van der Waals surface area (Å²) in [6.07, 6.45) is 0.925. The highest BCUT2D eigenvalue weighted by molar-refractivity contribution is 6.30. The summed E-state index contributed by atoms with van der Waals surface area (Å²) in [7, 11) is 0. The molecule has 122 valence electrons. The fraction of sp³-hybridized carbons (Fsp3) is 0.562. The first kappa shape index (κ1) is 17.2. The van der Waals surface area contributed by atoms with Gasteiger partial charge in [-0.15, -0.1) is 0 Å². The van der Waals surface area contributed by atoms with E-state index in [-0.39, 0.29) is 25.0 Å². The minimum atomic E-state index is -0.555. The van der Waals surface area contributed by atoms with Crippen molar-refractivity contribution in [1.82, 2.24) is 10.2 Å². The average Bonchev–Trinajstić information content (AvgIpc) is 2.49. The number of hydrogen-bond donors (Lipinski definition) is 3. The molecule has 0 aromatic heterocycles. The van der Waals surface area contributed by atoms with Crippen LogP contribution >= 0.6 is 11.6 Å². The molecule has 5 nitrogen and oxygen atoms in total. The van der Waals surface area contributed by atoms with E-state index in [1.54, 1.807) is 0 Å². The van der Waals surface area contributed by atoms with Crippen LogP contribution in [-0.2, 0) is 11.2 Å². The molecule has 1 aliphatic heterocycles. The maximum absolute atomic E-state index is 11.9. The second-order valence-electron chi connectivity index (χ2n) is 5.76. The van der Waals surface area contributed by atoms with Crippen LogP contribution in [0.1, 0.15) is 12.0 Å². The van der Waals surface area contributed by atoms with Gasteiger partial charge in [-0.1, -0.05) is 23.7 Å². The summed E-state index contributed by atoms with van der Waals surface area (Å²) < 4.78 is 0. The number of nitrogens with zero attached hydrogens (tertiary/aromatic N) is 1. The lowest BCUT2D eigenvalue weighted by Gasteiger charge is -2.34. The smallest absolute Gasteiger partial charge is 0.234 e. The van der Waals surface area contributed by atoms with Crippen molar-refractivity contribution < 1.29 is 15.0 Å². The van der Waals surface area contributed by atoms with Crippen LogP contribution in [0.5, 0.6) is 0 Å². The molecule has 0 saturated carbocycles. The van der Waals surface area contributed by atoms with E-state index >= 15 is 0 Å². The van der Waals surface area contributed by atoms with E-state index in [4.69, 9.17) is 16.7 Å². The van der Waals surface area contributed by atoms with Crippen LogP contribution in [0.3, 0.4) is 0 Å². The van der Waals surface area contributed by atoms with Gasteiger partial charge in [0.1, 0.15) is 0 Å². The number of nitrogens with one attached hydrogen (secondary N) is 1. The Kier molecular flexibility index (Phi) is 6.64. The zero-order valence-corrected chi connectivity index (χ0v) is 13.3. The first-order chi connectivity index (χ1) is 10.6. The first-order valence-corrected chi connectivity index (χ1v) is 7.98. The van der Waals surface area contributed by atoms with Crippen molar-refractivity contribution in [1.29, 1.82) is 0 Å². The largest absolute Gasteiger partial charge is 0.396 e. The lowest BCUT2D eigenvalue weighted by molar-refractivity contribution is -0.123. The molecule has 1 aromatic carbocycles. The topological polar surface area (TPSA) is 72.8 Å². The highest BCUT2D eigenvalue weighted by atomic mass is 35.5. The number of rotatable bonds is 6. The van der Waals surface area contributed by atoms with Crippen LogP contribution < -0.4 is 5.32 Å².